The van der Waals surface area contributed by atoms with Gasteiger partial charge in [0, 0.05) is 16.7 Å². The Bertz CT molecular complexity index is 1190. The van der Waals surface area contributed by atoms with Gasteiger partial charge in [0.05, 0.1) is 11.1 Å². The number of carbonyl (C=O) groups excluding carboxylic acids is 2. The lowest BCUT2D eigenvalue weighted by Gasteiger charge is -2.39. The SMILES string of the molecule is Cc1cc(C)cc(C(=O)N(NC(=O)c2ccc3c(c2C)OC(C(C)(C)O[SiH2]C(C)(C)C)CO3)C(C)(C)C)c1. The van der Waals surface area contributed by atoms with Crippen molar-refractivity contribution in [2.45, 2.75) is 98.4 Å². The molecular weight excluding hydrogens is 496 g/mol. The lowest BCUT2D eigenvalue weighted by molar-refractivity contribution is -0.0503. The molecule has 1 aliphatic heterocycles. The van der Waals surface area contributed by atoms with Crippen LogP contribution in [0.5, 0.6) is 11.5 Å². The molecule has 0 saturated heterocycles. The number of nitrogens with zero attached hydrogens (tertiary/aromatic N) is 1. The number of hydrazine groups is 1. The van der Waals surface area contributed by atoms with Gasteiger partial charge in [-0.15, -0.1) is 0 Å². The second-order valence-corrected chi connectivity index (χ2v) is 15.8. The van der Waals surface area contributed by atoms with Crippen LogP contribution in [0.3, 0.4) is 0 Å². The van der Waals surface area contributed by atoms with Crippen LogP contribution in [0, 0.1) is 20.8 Å². The van der Waals surface area contributed by atoms with E-state index in [0.29, 0.717) is 34.8 Å². The third-order valence-corrected chi connectivity index (χ3v) is 8.23. The molecule has 8 heteroatoms. The Kier molecular flexibility index (Phi) is 8.39. The molecule has 1 heterocycles. The molecule has 1 atom stereocenters. The van der Waals surface area contributed by atoms with E-state index < -0.39 is 20.9 Å². The van der Waals surface area contributed by atoms with E-state index in [0.717, 1.165) is 11.1 Å². The van der Waals surface area contributed by atoms with Gasteiger partial charge in [0.2, 0.25) is 0 Å². The van der Waals surface area contributed by atoms with Gasteiger partial charge in [-0.2, -0.15) is 0 Å². The Balaban J connectivity index is 1.86. The van der Waals surface area contributed by atoms with Crippen LogP contribution < -0.4 is 14.9 Å². The molecule has 0 radical (unpaired) electrons. The summed E-state index contributed by atoms with van der Waals surface area (Å²) < 4.78 is 18.8. The summed E-state index contributed by atoms with van der Waals surface area (Å²) in [6.07, 6.45) is -0.320. The average molecular weight is 541 g/mol. The first kappa shape index (κ1) is 29.7. The molecule has 1 aliphatic rings. The van der Waals surface area contributed by atoms with Crippen molar-refractivity contribution in [3.63, 3.8) is 0 Å². The Morgan fingerprint density at radius 1 is 0.974 bits per heavy atom. The maximum absolute atomic E-state index is 13.5. The quantitative estimate of drug-likeness (QED) is 0.404. The number of amides is 2. The molecule has 1 unspecified atom stereocenters. The number of fused-ring (bicyclic) bond motifs is 1. The van der Waals surface area contributed by atoms with Crippen LogP contribution in [0.1, 0.15) is 92.8 Å². The van der Waals surface area contributed by atoms with Crippen molar-refractivity contribution in [1.82, 2.24) is 10.4 Å². The minimum absolute atomic E-state index is 0.152. The molecule has 0 saturated carbocycles. The Morgan fingerprint density at radius 3 is 2.13 bits per heavy atom. The molecule has 0 bridgehead atoms. The zero-order valence-electron chi connectivity index (χ0n) is 24.9. The summed E-state index contributed by atoms with van der Waals surface area (Å²) in [6, 6.07) is 9.15. The monoisotopic (exact) mass is 540 g/mol. The van der Waals surface area contributed by atoms with Crippen LogP contribution in [0.4, 0.5) is 0 Å². The minimum Gasteiger partial charge on any atom is -0.486 e. The second kappa shape index (κ2) is 10.7. The summed E-state index contributed by atoms with van der Waals surface area (Å²) in [7, 11) is -0.804. The van der Waals surface area contributed by atoms with E-state index in [4.69, 9.17) is 13.9 Å². The van der Waals surface area contributed by atoms with E-state index in [1.807, 2.05) is 73.6 Å². The van der Waals surface area contributed by atoms with Crippen molar-refractivity contribution < 1.29 is 23.5 Å². The molecular formula is C30H44N2O5Si. The normalized spacial score (nSPS) is 16.0. The molecule has 3 rings (SSSR count). The molecule has 7 nitrogen and oxygen atoms in total. The molecule has 38 heavy (non-hydrogen) atoms. The Morgan fingerprint density at radius 2 is 1.58 bits per heavy atom. The second-order valence-electron chi connectivity index (χ2n) is 13.1. The maximum atomic E-state index is 13.5. The van der Waals surface area contributed by atoms with Gasteiger partial charge in [0.25, 0.3) is 11.8 Å². The number of hydrogen-bond acceptors (Lipinski definition) is 5. The van der Waals surface area contributed by atoms with E-state index in [1.165, 1.54) is 5.01 Å². The summed E-state index contributed by atoms with van der Waals surface area (Å²) in [5, 5.41) is 1.55. The highest BCUT2D eigenvalue weighted by atomic mass is 28.2. The highest BCUT2D eigenvalue weighted by molar-refractivity contribution is 6.31. The van der Waals surface area contributed by atoms with Gasteiger partial charge in [-0.3, -0.25) is 15.0 Å². The number of hydrogen-bond donors (Lipinski definition) is 1. The fraction of sp³-hybridized carbons (Fsp3) is 0.533. The lowest BCUT2D eigenvalue weighted by atomic mass is 10.00. The molecule has 0 spiro atoms. The largest absolute Gasteiger partial charge is 0.486 e. The lowest BCUT2D eigenvalue weighted by Crippen LogP contribution is -2.56. The van der Waals surface area contributed by atoms with Gasteiger partial charge in [-0.05, 0) is 84.7 Å². The zero-order chi connectivity index (χ0) is 28.6. The van der Waals surface area contributed by atoms with E-state index in [1.54, 1.807) is 12.1 Å². The van der Waals surface area contributed by atoms with Crippen molar-refractivity contribution >= 4 is 21.6 Å². The van der Waals surface area contributed by atoms with Crippen molar-refractivity contribution in [3.05, 3.63) is 58.1 Å². The van der Waals surface area contributed by atoms with Crippen LogP contribution in [0.25, 0.3) is 0 Å². The van der Waals surface area contributed by atoms with Gasteiger partial charge in [-0.1, -0.05) is 38.0 Å². The summed E-state index contributed by atoms with van der Waals surface area (Å²) >= 11 is 0. The fourth-order valence-corrected chi connectivity index (χ4v) is 5.26. The third kappa shape index (κ3) is 6.97. The fourth-order valence-electron chi connectivity index (χ4n) is 4.26. The third-order valence-electron chi connectivity index (χ3n) is 6.47. The number of carbonyl (C=O) groups is 2. The Hall–Kier alpha value is -2.84. The molecule has 0 aliphatic carbocycles. The topological polar surface area (TPSA) is 77.1 Å². The van der Waals surface area contributed by atoms with Crippen LogP contribution >= 0.6 is 0 Å². The highest BCUT2D eigenvalue weighted by Crippen LogP contribution is 2.39. The van der Waals surface area contributed by atoms with E-state index in [-0.39, 0.29) is 23.0 Å². The number of ether oxygens (including phenoxy) is 2. The molecule has 2 aromatic carbocycles. The van der Waals surface area contributed by atoms with Gasteiger partial charge in [0.15, 0.2) is 27.4 Å². The summed E-state index contributed by atoms with van der Waals surface area (Å²) in [4.78, 5) is 27.1. The van der Waals surface area contributed by atoms with Gasteiger partial charge in [-0.25, -0.2) is 5.01 Å². The van der Waals surface area contributed by atoms with Crippen LogP contribution in [-0.4, -0.2) is 50.4 Å². The predicted octanol–water partition coefficient (Wildman–Crippen LogP) is 5.43. The summed E-state index contributed by atoms with van der Waals surface area (Å²) in [5.41, 5.74) is 5.24. The van der Waals surface area contributed by atoms with Gasteiger partial charge >= 0.3 is 0 Å². The highest BCUT2D eigenvalue weighted by Gasteiger charge is 2.38. The number of aryl methyl sites for hydroxylation is 2. The van der Waals surface area contributed by atoms with Crippen molar-refractivity contribution in [1.29, 1.82) is 0 Å². The first-order valence-electron chi connectivity index (χ1n) is 13.2. The maximum Gasteiger partial charge on any atom is 0.272 e. The number of benzene rings is 2. The number of rotatable bonds is 5. The average Bonchev–Trinajstić information content (AvgIpc) is 2.79. The summed E-state index contributed by atoms with van der Waals surface area (Å²) in [6.45, 7) is 22.4. The van der Waals surface area contributed by atoms with E-state index >= 15 is 0 Å². The molecule has 0 aromatic heterocycles. The van der Waals surface area contributed by atoms with Crippen LogP contribution in [0.2, 0.25) is 5.04 Å². The number of nitrogens with one attached hydrogen (secondary N) is 1. The molecule has 2 amide bonds. The molecule has 2 aromatic rings. The first-order valence-corrected chi connectivity index (χ1v) is 14.5. The van der Waals surface area contributed by atoms with Gasteiger partial charge in [0.1, 0.15) is 6.61 Å². The molecule has 0 fully saturated rings. The standard InChI is InChI=1S/C30H44N2O5Si/c1-18-14-19(2)16-21(15-18)27(34)32(28(4,5)6)31-26(33)22-12-13-23-25(20(22)3)36-24(17-35-23)30(10,11)37-38-29(7,8)9/h12-16,24H,17,38H2,1-11H3,(H,31,33). The zero-order valence-corrected chi connectivity index (χ0v) is 26.3. The van der Waals surface area contributed by atoms with Crippen LogP contribution in [0.15, 0.2) is 30.3 Å². The van der Waals surface area contributed by atoms with E-state index in [2.05, 4.69) is 26.2 Å². The van der Waals surface area contributed by atoms with E-state index in [9.17, 15) is 9.59 Å². The van der Waals surface area contributed by atoms with Gasteiger partial charge < -0.3 is 13.9 Å². The predicted molar refractivity (Wildman–Crippen MR) is 154 cm³/mol. The Labute approximate surface area is 230 Å². The minimum atomic E-state index is -0.804. The smallest absolute Gasteiger partial charge is 0.272 e. The van der Waals surface area contributed by atoms with Crippen molar-refractivity contribution in [2.24, 2.45) is 0 Å². The van der Waals surface area contributed by atoms with Crippen molar-refractivity contribution in [3.8, 4) is 11.5 Å². The first-order chi connectivity index (χ1) is 17.4. The summed E-state index contributed by atoms with van der Waals surface area (Å²) in [5.74, 6) is 0.471. The molecule has 1 N–H and O–H groups in total. The van der Waals surface area contributed by atoms with Crippen LogP contribution in [-0.2, 0) is 4.43 Å². The van der Waals surface area contributed by atoms with Crippen molar-refractivity contribution in [2.75, 3.05) is 6.61 Å². The molecule has 208 valence electrons.